The van der Waals surface area contributed by atoms with E-state index < -0.39 is 5.92 Å². The molecule has 2 fully saturated rings. The number of alkyl halides is 2. The number of carbonyl (C=O) groups excluding carboxylic acids is 1. The lowest BCUT2D eigenvalue weighted by Gasteiger charge is -2.39. The summed E-state index contributed by atoms with van der Waals surface area (Å²) in [7, 11) is 0. The van der Waals surface area contributed by atoms with E-state index in [1.54, 1.807) is 11.1 Å². The van der Waals surface area contributed by atoms with Crippen LogP contribution in [0.1, 0.15) is 51.5 Å². The number of likely N-dealkylation sites (tertiary alicyclic amines) is 1. The molecule has 1 aromatic carbocycles. The van der Waals surface area contributed by atoms with Gasteiger partial charge in [-0.1, -0.05) is 6.07 Å². The fourth-order valence-corrected chi connectivity index (χ4v) is 5.50. The van der Waals surface area contributed by atoms with Crippen molar-refractivity contribution in [1.29, 1.82) is 0 Å². The van der Waals surface area contributed by atoms with E-state index in [1.807, 2.05) is 31.2 Å². The van der Waals surface area contributed by atoms with E-state index >= 15 is 0 Å². The van der Waals surface area contributed by atoms with Gasteiger partial charge in [0.2, 0.25) is 0 Å². The smallest absolute Gasteiger partial charge is 0.265 e. The molecule has 4 nitrogen and oxygen atoms in total. The molecule has 2 saturated heterocycles. The van der Waals surface area contributed by atoms with Crippen LogP contribution in [0.4, 0.5) is 14.5 Å². The Balaban J connectivity index is 1.42. The van der Waals surface area contributed by atoms with Crippen molar-refractivity contribution in [3.05, 3.63) is 36.0 Å². The number of hydrogen-bond donors (Lipinski definition) is 0. The van der Waals surface area contributed by atoms with Gasteiger partial charge in [-0.3, -0.25) is 9.78 Å². The van der Waals surface area contributed by atoms with Crippen LogP contribution in [0.3, 0.4) is 0 Å². The zero-order chi connectivity index (χ0) is 22.9. The van der Waals surface area contributed by atoms with Crippen LogP contribution in [-0.4, -0.2) is 53.8 Å². The molecule has 32 heavy (non-hydrogen) atoms. The molecule has 4 rings (SSSR count). The summed E-state index contributed by atoms with van der Waals surface area (Å²) in [5, 5.41) is 0.896. The van der Waals surface area contributed by atoms with Crippen molar-refractivity contribution in [3.63, 3.8) is 0 Å². The number of aryl methyl sites for hydroxylation is 1. The zero-order valence-corrected chi connectivity index (χ0v) is 19.5. The molecule has 0 spiro atoms. The van der Waals surface area contributed by atoms with Gasteiger partial charge in [-0.15, -0.1) is 0 Å². The molecule has 0 N–H and O–H groups in total. The summed E-state index contributed by atoms with van der Waals surface area (Å²) in [4.78, 5) is 21.5. The monoisotopic (exact) mass is 443 g/mol. The van der Waals surface area contributed by atoms with Crippen molar-refractivity contribution in [2.75, 3.05) is 31.1 Å². The Hall–Kier alpha value is -2.08. The van der Waals surface area contributed by atoms with Gasteiger partial charge < -0.3 is 9.80 Å². The van der Waals surface area contributed by atoms with E-state index in [0.717, 1.165) is 48.1 Å². The second-order valence-corrected chi connectivity index (χ2v) is 10.1. The molecule has 1 aromatic heterocycles. The van der Waals surface area contributed by atoms with E-state index in [1.165, 1.54) is 0 Å². The van der Waals surface area contributed by atoms with E-state index in [4.69, 9.17) is 0 Å². The molecule has 0 unspecified atom stereocenters. The highest BCUT2D eigenvalue weighted by Gasteiger charge is 2.41. The largest absolute Gasteiger partial charge is 0.365 e. The molecule has 2 aliphatic rings. The maximum Gasteiger partial charge on any atom is 0.265 e. The first-order valence-electron chi connectivity index (χ1n) is 11.9. The number of fused-ring (bicyclic) bond motifs is 1. The Morgan fingerprint density at radius 2 is 1.88 bits per heavy atom. The van der Waals surface area contributed by atoms with E-state index in [0.29, 0.717) is 24.9 Å². The number of halogens is 2. The van der Waals surface area contributed by atoms with Crippen LogP contribution in [0, 0.1) is 18.8 Å². The predicted octanol–water partition coefficient (Wildman–Crippen LogP) is 5.47. The van der Waals surface area contributed by atoms with Gasteiger partial charge in [0.05, 0.1) is 12.1 Å². The second kappa shape index (κ2) is 9.42. The average Bonchev–Trinajstić information content (AvgIpc) is 2.73. The molecule has 0 saturated carbocycles. The lowest BCUT2D eigenvalue weighted by atomic mass is 9.85. The van der Waals surface area contributed by atoms with Gasteiger partial charge in [0.15, 0.2) is 0 Å². The molecule has 2 aliphatic heterocycles. The van der Waals surface area contributed by atoms with Crippen molar-refractivity contribution in [1.82, 2.24) is 9.88 Å². The van der Waals surface area contributed by atoms with Gasteiger partial charge in [-0.05, 0) is 82.3 Å². The van der Waals surface area contributed by atoms with Crippen LogP contribution < -0.4 is 4.90 Å². The van der Waals surface area contributed by atoms with Crippen molar-refractivity contribution in [3.8, 4) is 0 Å². The molecule has 0 aliphatic carbocycles. The zero-order valence-electron chi connectivity index (χ0n) is 19.5. The first kappa shape index (κ1) is 23.1. The Morgan fingerprint density at radius 1 is 1.16 bits per heavy atom. The number of Topliss-reactive ketones (excluding diaryl/α,β-unsaturated/α-hetero) is 1. The van der Waals surface area contributed by atoms with Crippen molar-refractivity contribution in [2.45, 2.75) is 64.8 Å². The highest BCUT2D eigenvalue weighted by molar-refractivity contribution is 5.93. The van der Waals surface area contributed by atoms with Gasteiger partial charge in [0.25, 0.3) is 5.92 Å². The quantitative estimate of drug-likeness (QED) is 0.593. The third-order valence-electron chi connectivity index (χ3n) is 7.19. The molecule has 2 aromatic rings. The van der Waals surface area contributed by atoms with Crippen LogP contribution in [0.5, 0.6) is 0 Å². The molecule has 3 heterocycles. The second-order valence-electron chi connectivity index (χ2n) is 10.1. The molecule has 0 amide bonds. The number of piperidine rings is 2. The molecule has 0 radical (unpaired) electrons. The normalized spacial score (nSPS) is 22.6. The lowest BCUT2D eigenvalue weighted by Crippen LogP contribution is -2.47. The average molecular weight is 444 g/mol. The van der Waals surface area contributed by atoms with Crippen molar-refractivity contribution in [2.24, 2.45) is 11.8 Å². The standard InChI is InChI=1S/C26H35F2N3O/c1-18(2)30-11-8-20(9-12-30)13-22(32)14-21-15-26(27,28)17-31(16-21)24-7-6-19(3)25-23(24)5-4-10-29-25/h4-7,10,18,20-21H,8-9,11-17H2,1-3H3/t21-/m0/s1. The number of aromatic nitrogens is 1. The highest BCUT2D eigenvalue weighted by atomic mass is 19.3. The Kier molecular flexibility index (Phi) is 6.80. The lowest BCUT2D eigenvalue weighted by molar-refractivity contribution is -0.122. The minimum absolute atomic E-state index is 0.145. The van der Waals surface area contributed by atoms with Crippen LogP contribution in [0.15, 0.2) is 30.5 Å². The van der Waals surface area contributed by atoms with Crippen LogP contribution >= 0.6 is 0 Å². The maximum absolute atomic E-state index is 14.7. The first-order valence-corrected chi connectivity index (χ1v) is 11.9. The summed E-state index contributed by atoms with van der Waals surface area (Å²) in [6.07, 6.45) is 4.36. The number of carbonyl (C=O) groups is 1. The Bertz CT molecular complexity index is 953. The summed E-state index contributed by atoms with van der Waals surface area (Å²) in [5.74, 6) is -2.59. The molecule has 174 valence electrons. The summed E-state index contributed by atoms with van der Waals surface area (Å²) in [6.45, 7) is 8.62. The summed E-state index contributed by atoms with van der Waals surface area (Å²) in [6, 6.07) is 8.19. The van der Waals surface area contributed by atoms with Gasteiger partial charge in [0, 0.05) is 49.1 Å². The third kappa shape index (κ3) is 5.28. The van der Waals surface area contributed by atoms with Gasteiger partial charge >= 0.3 is 0 Å². The fraction of sp³-hybridized carbons (Fsp3) is 0.615. The van der Waals surface area contributed by atoms with Gasteiger partial charge in [-0.25, -0.2) is 8.78 Å². The van der Waals surface area contributed by atoms with Crippen LogP contribution in [0.2, 0.25) is 0 Å². The van der Waals surface area contributed by atoms with Crippen LogP contribution in [-0.2, 0) is 4.79 Å². The Morgan fingerprint density at radius 3 is 2.59 bits per heavy atom. The minimum atomic E-state index is -2.80. The maximum atomic E-state index is 14.7. The number of rotatable bonds is 6. The van der Waals surface area contributed by atoms with E-state index in [9.17, 15) is 13.6 Å². The van der Waals surface area contributed by atoms with Crippen molar-refractivity contribution >= 4 is 22.4 Å². The molecular formula is C26H35F2N3O. The van der Waals surface area contributed by atoms with E-state index in [2.05, 4.69) is 23.7 Å². The number of ketones is 1. The van der Waals surface area contributed by atoms with Crippen LogP contribution in [0.25, 0.3) is 10.9 Å². The number of benzene rings is 1. The third-order valence-corrected chi connectivity index (χ3v) is 7.19. The number of anilines is 1. The summed E-state index contributed by atoms with van der Waals surface area (Å²) >= 11 is 0. The first-order chi connectivity index (χ1) is 15.2. The highest BCUT2D eigenvalue weighted by Crippen LogP contribution is 2.38. The topological polar surface area (TPSA) is 36.4 Å². The Labute approximate surface area is 190 Å². The molecular weight excluding hydrogens is 408 g/mol. The summed E-state index contributed by atoms with van der Waals surface area (Å²) < 4.78 is 29.4. The summed E-state index contributed by atoms with van der Waals surface area (Å²) in [5.41, 5.74) is 2.67. The number of pyridine rings is 1. The molecule has 0 bridgehead atoms. The number of nitrogens with zero attached hydrogens (tertiary/aromatic N) is 3. The predicted molar refractivity (Wildman–Crippen MR) is 125 cm³/mol. The van der Waals surface area contributed by atoms with Crippen molar-refractivity contribution < 1.29 is 13.6 Å². The number of hydrogen-bond acceptors (Lipinski definition) is 4. The van der Waals surface area contributed by atoms with Gasteiger partial charge in [0.1, 0.15) is 5.78 Å². The fourth-order valence-electron chi connectivity index (χ4n) is 5.50. The molecule has 1 atom stereocenters. The molecule has 6 heteroatoms. The van der Waals surface area contributed by atoms with E-state index in [-0.39, 0.29) is 31.1 Å². The SMILES string of the molecule is Cc1ccc(N2C[C@@H](CC(=O)CC3CCN(C(C)C)CC3)CC(F)(F)C2)c2cccnc12. The minimum Gasteiger partial charge on any atom is -0.365 e. The van der Waals surface area contributed by atoms with Gasteiger partial charge in [-0.2, -0.15) is 0 Å².